The Bertz CT molecular complexity index is 868. The molecule has 2 aliphatic rings. The van der Waals surface area contributed by atoms with Crippen LogP contribution in [-0.4, -0.2) is 33.9 Å². The molecule has 1 aliphatic carbocycles. The van der Waals surface area contributed by atoms with E-state index in [-0.39, 0.29) is 17.4 Å². The first-order valence-electron chi connectivity index (χ1n) is 8.71. The van der Waals surface area contributed by atoms with Crippen molar-refractivity contribution in [3.05, 3.63) is 20.8 Å². The zero-order valence-electron chi connectivity index (χ0n) is 14.0. The van der Waals surface area contributed by atoms with Crippen LogP contribution in [0.2, 0.25) is 0 Å². The van der Waals surface area contributed by atoms with Gasteiger partial charge in [-0.3, -0.25) is 14.2 Å². The van der Waals surface area contributed by atoms with Gasteiger partial charge in [0.15, 0.2) is 5.16 Å². The molecule has 6 nitrogen and oxygen atoms in total. The third-order valence-electron chi connectivity index (χ3n) is 4.79. The van der Waals surface area contributed by atoms with Crippen molar-refractivity contribution in [1.29, 1.82) is 0 Å². The smallest absolute Gasteiger partial charge is 0.263 e. The van der Waals surface area contributed by atoms with E-state index in [1.165, 1.54) is 28.6 Å². The first-order chi connectivity index (χ1) is 12.1. The van der Waals surface area contributed by atoms with Gasteiger partial charge in [-0.25, -0.2) is 4.98 Å². The van der Waals surface area contributed by atoms with E-state index in [0.29, 0.717) is 11.7 Å². The molecule has 2 aromatic heterocycles. The number of nitrogens with two attached hydrogens (primary N) is 1. The molecule has 8 heteroatoms. The summed E-state index contributed by atoms with van der Waals surface area (Å²) in [6.07, 6.45) is 6.30. The molecule has 0 saturated carbocycles. The summed E-state index contributed by atoms with van der Waals surface area (Å²) in [4.78, 5) is 31.3. The van der Waals surface area contributed by atoms with Gasteiger partial charge in [0, 0.05) is 11.5 Å². The summed E-state index contributed by atoms with van der Waals surface area (Å²) in [6.45, 7) is 1.24. The van der Waals surface area contributed by atoms with Crippen LogP contribution in [0, 0.1) is 0 Å². The third kappa shape index (κ3) is 3.35. The average Bonchev–Trinajstić information content (AvgIpc) is 3.22. The maximum absolute atomic E-state index is 13.3. The van der Waals surface area contributed by atoms with E-state index < -0.39 is 5.91 Å². The van der Waals surface area contributed by atoms with Gasteiger partial charge in [-0.2, -0.15) is 0 Å². The number of amides is 1. The Morgan fingerprint density at radius 2 is 2.20 bits per heavy atom. The molecule has 3 heterocycles. The van der Waals surface area contributed by atoms with Crippen molar-refractivity contribution in [3.63, 3.8) is 0 Å². The number of ether oxygens (including phenoxy) is 1. The van der Waals surface area contributed by atoms with Crippen molar-refractivity contribution >= 4 is 39.2 Å². The number of nitrogens with zero attached hydrogens (tertiary/aromatic N) is 2. The Morgan fingerprint density at radius 1 is 1.36 bits per heavy atom. The standard InChI is InChI=1S/C17H21N3O3S2/c18-13(21)9-24-17-19-15-14(11-5-1-2-6-12(11)25-15)16(22)20(17)8-10-4-3-7-23-10/h10H,1-9H2,(H2,18,21). The molecule has 4 rings (SSSR count). The van der Waals surface area contributed by atoms with Crippen LogP contribution in [0.25, 0.3) is 10.2 Å². The molecule has 1 atom stereocenters. The minimum Gasteiger partial charge on any atom is -0.376 e. The molecule has 2 aromatic rings. The zero-order chi connectivity index (χ0) is 17.4. The van der Waals surface area contributed by atoms with E-state index in [2.05, 4.69) is 0 Å². The molecular formula is C17H21N3O3S2. The van der Waals surface area contributed by atoms with Gasteiger partial charge >= 0.3 is 0 Å². The van der Waals surface area contributed by atoms with E-state index in [4.69, 9.17) is 15.5 Å². The highest BCUT2D eigenvalue weighted by Gasteiger charge is 2.24. The van der Waals surface area contributed by atoms with Crippen LogP contribution in [0.3, 0.4) is 0 Å². The van der Waals surface area contributed by atoms with Gasteiger partial charge in [-0.15, -0.1) is 11.3 Å². The van der Waals surface area contributed by atoms with Gasteiger partial charge in [-0.1, -0.05) is 11.8 Å². The van der Waals surface area contributed by atoms with Crippen LogP contribution in [-0.2, 0) is 28.9 Å². The summed E-state index contributed by atoms with van der Waals surface area (Å²) in [5.41, 5.74) is 6.48. The Kier molecular flexibility index (Phi) is 4.84. The Hall–Kier alpha value is -1.38. The number of fused-ring (bicyclic) bond motifs is 3. The Labute approximate surface area is 153 Å². The van der Waals surface area contributed by atoms with Crippen LogP contribution < -0.4 is 11.3 Å². The second kappa shape index (κ2) is 7.09. The molecule has 2 N–H and O–H groups in total. The van der Waals surface area contributed by atoms with Gasteiger partial charge in [0.25, 0.3) is 5.56 Å². The van der Waals surface area contributed by atoms with Crippen molar-refractivity contribution in [3.8, 4) is 0 Å². The highest BCUT2D eigenvalue weighted by Crippen LogP contribution is 2.34. The average molecular weight is 380 g/mol. The largest absolute Gasteiger partial charge is 0.376 e. The number of aromatic nitrogens is 2. The minimum absolute atomic E-state index is 0.00636. The number of carbonyl (C=O) groups is 1. The Morgan fingerprint density at radius 3 is 2.96 bits per heavy atom. The van der Waals surface area contributed by atoms with Crippen molar-refractivity contribution in [2.24, 2.45) is 5.73 Å². The van der Waals surface area contributed by atoms with Crippen LogP contribution in [0.1, 0.15) is 36.1 Å². The maximum atomic E-state index is 13.3. The number of rotatable bonds is 5. The normalized spacial score (nSPS) is 20.1. The summed E-state index contributed by atoms with van der Waals surface area (Å²) in [7, 11) is 0. The lowest BCUT2D eigenvalue weighted by molar-refractivity contribution is -0.115. The molecule has 1 amide bonds. The second-order valence-corrected chi connectivity index (χ2v) is 8.62. The van der Waals surface area contributed by atoms with Crippen molar-refractivity contribution < 1.29 is 9.53 Å². The van der Waals surface area contributed by atoms with Crippen LogP contribution in [0.5, 0.6) is 0 Å². The van der Waals surface area contributed by atoms with Gasteiger partial charge in [0.1, 0.15) is 4.83 Å². The number of carbonyl (C=O) groups excluding carboxylic acids is 1. The van der Waals surface area contributed by atoms with Crippen molar-refractivity contribution in [2.45, 2.75) is 56.3 Å². The van der Waals surface area contributed by atoms with E-state index in [1.54, 1.807) is 15.9 Å². The highest BCUT2D eigenvalue weighted by atomic mass is 32.2. The van der Waals surface area contributed by atoms with E-state index in [1.807, 2.05) is 0 Å². The van der Waals surface area contributed by atoms with Crippen LogP contribution >= 0.6 is 23.1 Å². The SMILES string of the molecule is NC(=O)CSc1nc2sc3c(c2c(=O)n1CC1CCCO1)CCCC3. The number of hydrogen-bond acceptors (Lipinski definition) is 6. The molecule has 1 unspecified atom stereocenters. The molecule has 0 bridgehead atoms. The fourth-order valence-electron chi connectivity index (χ4n) is 3.62. The molecule has 0 aromatic carbocycles. The molecule has 1 aliphatic heterocycles. The summed E-state index contributed by atoms with van der Waals surface area (Å²) in [5, 5.41) is 1.35. The first kappa shape index (κ1) is 17.1. The van der Waals surface area contributed by atoms with E-state index >= 15 is 0 Å². The fraction of sp³-hybridized carbons (Fsp3) is 0.588. The number of aryl methyl sites for hydroxylation is 2. The summed E-state index contributed by atoms with van der Waals surface area (Å²) in [6, 6.07) is 0. The minimum atomic E-state index is -0.409. The first-order valence-corrected chi connectivity index (χ1v) is 10.5. The second-order valence-electron chi connectivity index (χ2n) is 6.59. The molecule has 1 fully saturated rings. The monoisotopic (exact) mass is 379 g/mol. The predicted octanol–water partition coefficient (Wildman–Crippen LogP) is 2.09. The maximum Gasteiger partial charge on any atom is 0.263 e. The summed E-state index contributed by atoms with van der Waals surface area (Å²) >= 11 is 2.87. The third-order valence-corrected chi connectivity index (χ3v) is 6.98. The lowest BCUT2D eigenvalue weighted by atomic mass is 9.97. The molecule has 1 saturated heterocycles. The lowest BCUT2D eigenvalue weighted by Crippen LogP contribution is -2.29. The molecule has 25 heavy (non-hydrogen) atoms. The Balaban J connectivity index is 1.81. The van der Waals surface area contributed by atoms with E-state index in [0.717, 1.165) is 48.9 Å². The van der Waals surface area contributed by atoms with Crippen LogP contribution in [0.15, 0.2) is 9.95 Å². The number of thioether (sulfide) groups is 1. The molecular weight excluding hydrogens is 358 g/mol. The van der Waals surface area contributed by atoms with Gasteiger partial charge in [0.2, 0.25) is 5.91 Å². The molecule has 0 spiro atoms. The lowest BCUT2D eigenvalue weighted by Gasteiger charge is -2.16. The topological polar surface area (TPSA) is 87.2 Å². The van der Waals surface area contributed by atoms with Crippen LogP contribution in [0.4, 0.5) is 0 Å². The zero-order valence-corrected chi connectivity index (χ0v) is 15.6. The molecule has 0 radical (unpaired) electrons. The number of hydrogen-bond donors (Lipinski definition) is 1. The molecule has 134 valence electrons. The number of thiophene rings is 1. The number of primary amides is 1. The van der Waals surface area contributed by atoms with Gasteiger partial charge in [0.05, 0.1) is 23.8 Å². The van der Waals surface area contributed by atoms with Crippen molar-refractivity contribution in [1.82, 2.24) is 9.55 Å². The van der Waals surface area contributed by atoms with Gasteiger partial charge < -0.3 is 10.5 Å². The van der Waals surface area contributed by atoms with Crippen molar-refractivity contribution in [2.75, 3.05) is 12.4 Å². The quantitative estimate of drug-likeness (QED) is 0.635. The summed E-state index contributed by atoms with van der Waals surface area (Å²) in [5.74, 6) is -0.289. The highest BCUT2D eigenvalue weighted by molar-refractivity contribution is 7.99. The fourth-order valence-corrected chi connectivity index (χ4v) is 5.67. The predicted molar refractivity (Wildman–Crippen MR) is 99.4 cm³/mol. The van der Waals surface area contributed by atoms with E-state index in [9.17, 15) is 9.59 Å². The van der Waals surface area contributed by atoms with Gasteiger partial charge in [-0.05, 0) is 44.1 Å². The summed E-state index contributed by atoms with van der Waals surface area (Å²) < 4.78 is 7.41.